The van der Waals surface area contributed by atoms with Crippen LogP contribution in [0.2, 0.25) is 0 Å². The van der Waals surface area contributed by atoms with Crippen LogP contribution in [0, 0.1) is 0 Å². The second-order valence-electron chi connectivity index (χ2n) is 4.78. The maximum Gasteiger partial charge on any atom is 0.231 e. The maximum absolute atomic E-state index is 5.98. The lowest BCUT2D eigenvalue weighted by Crippen LogP contribution is -2.44. The minimum Gasteiger partial charge on any atom is -0.454 e. The highest BCUT2D eigenvalue weighted by atomic mass is 16.7. The van der Waals surface area contributed by atoms with Crippen molar-refractivity contribution in [2.45, 2.75) is 6.42 Å². The molecule has 108 valence electrons. The number of hydrogen-bond donors (Lipinski definition) is 1. The third-order valence-electron chi connectivity index (χ3n) is 3.45. The van der Waals surface area contributed by atoms with E-state index in [-0.39, 0.29) is 0 Å². The first kappa shape index (κ1) is 13.1. The number of rotatable bonds is 3. The van der Waals surface area contributed by atoms with Gasteiger partial charge in [-0.3, -0.25) is 4.99 Å². The van der Waals surface area contributed by atoms with E-state index in [1.165, 1.54) is 5.56 Å². The minimum absolute atomic E-state index is 0.306. The summed E-state index contributed by atoms with van der Waals surface area (Å²) in [6.45, 7) is 4.05. The largest absolute Gasteiger partial charge is 0.454 e. The monoisotopic (exact) mass is 277 g/mol. The Kier molecular flexibility index (Phi) is 3.92. The Labute approximate surface area is 118 Å². The van der Waals surface area contributed by atoms with Crippen molar-refractivity contribution in [3.8, 4) is 11.5 Å². The van der Waals surface area contributed by atoms with Crippen molar-refractivity contribution in [1.82, 2.24) is 4.90 Å². The second kappa shape index (κ2) is 6.00. The molecule has 0 amide bonds. The van der Waals surface area contributed by atoms with Crippen LogP contribution in [-0.4, -0.2) is 50.5 Å². The molecular weight excluding hydrogens is 258 g/mol. The first-order valence-electron chi connectivity index (χ1n) is 6.84. The normalized spacial score (nSPS) is 18.4. The molecule has 0 bridgehead atoms. The molecule has 0 saturated carbocycles. The van der Waals surface area contributed by atoms with Crippen LogP contribution in [-0.2, 0) is 11.2 Å². The van der Waals surface area contributed by atoms with Crippen molar-refractivity contribution < 1.29 is 14.2 Å². The van der Waals surface area contributed by atoms with Crippen LogP contribution in [0.25, 0.3) is 0 Å². The lowest BCUT2D eigenvalue weighted by Gasteiger charge is -2.27. The molecule has 1 aromatic carbocycles. The first-order valence-corrected chi connectivity index (χ1v) is 6.84. The molecule has 2 heterocycles. The van der Waals surface area contributed by atoms with Gasteiger partial charge < -0.3 is 24.8 Å². The zero-order valence-corrected chi connectivity index (χ0v) is 11.4. The molecule has 20 heavy (non-hydrogen) atoms. The van der Waals surface area contributed by atoms with Gasteiger partial charge in [0, 0.05) is 19.6 Å². The van der Waals surface area contributed by atoms with E-state index < -0.39 is 0 Å². The van der Waals surface area contributed by atoms with Crippen LogP contribution in [0.1, 0.15) is 5.56 Å². The summed E-state index contributed by atoms with van der Waals surface area (Å²) in [5, 5.41) is 0. The predicted octanol–water partition coefficient (Wildman–Crippen LogP) is 0.605. The highest BCUT2D eigenvalue weighted by molar-refractivity contribution is 5.78. The summed E-state index contributed by atoms with van der Waals surface area (Å²) in [6.07, 6.45) is 0.835. The van der Waals surface area contributed by atoms with Crippen molar-refractivity contribution in [2.75, 3.05) is 39.6 Å². The summed E-state index contributed by atoms with van der Waals surface area (Å²) in [6, 6.07) is 5.98. The van der Waals surface area contributed by atoms with Gasteiger partial charge in [-0.1, -0.05) is 6.07 Å². The summed E-state index contributed by atoms with van der Waals surface area (Å²) < 4.78 is 15.9. The van der Waals surface area contributed by atoms with Crippen LogP contribution >= 0.6 is 0 Å². The van der Waals surface area contributed by atoms with Crippen LogP contribution in [0.5, 0.6) is 11.5 Å². The number of guanidine groups is 1. The zero-order valence-electron chi connectivity index (χ0n) is 11.4. The van der Waals surface area contributed by atoms with E-state index in [2.05, 4.69) is 9.89 Å². The number of nitrogens with two attached hydrogens (primary N) is 1. The number of ether oxygens (including phenoxy) is 3. The standard InChI is InChI=1S/C14H19N3O3/c15-14(17-5-7-18-8-6-17)16-4-3-11-1-2-12-13(9-11)20-10-19-12/h1-2,9H,3-8,10H2,(H2,15,16). The van der Waals surface area contributed by atoms with Gasteiger partial charge in [0.1, 0.15) is 0 Å². The van der Waals surface area contributed by atoms with E-state index >= 15 is 0 Å². The minimum atomic E-state index is 0.306. The average Bonchev–Trinajstić information content (AvgIpc) is 2.95. The van der Waals surface area contributed by atoms with Gasteiger partial charge in [0.15, 0.2) is 17.5 Å². The fourth-order valence-corrected chi connectivity index (χ4v) is 2.29. The van der Waals surface area contributed by atoms with Crippen LogP contribution in [0.4, 0.5) is 0 Å². The van der Waals surface area contributed by atoms with Crippen LogP contribution in [0.3, 0.4) is 0 Å². The number of morpholine rings is 1. The van der Waals surface area contributed by atoms with Crippen molar-refractivity contribution in [3.63, 3.8) is 0 Å². The molecule has 0 spiro atoms. The van der Waals surface area contributed by atoms with E-state index in [4.69, 9.17) is 19.9 Å². The Morgan fingerprint density at radius 3 is 2.85 bits per heavy atom. The Hall–Kier alpha value is -1.95. The molecule has 2 N–H and O–H groups in total. The Morgan fingerprint density at radius 1 is 1.20 bits per heavy atom. The van der Waals surface area contributed by atoms with Gasteiger partial charge in [0.2, 0.25) is 6.79 Å². The van der Waals surface area contributed by atoms with Gasteiger partial charge in [-0.25, -0.2) is 0 Å². The lowest BCUT2D eigenvalue weighted by molar-refractivity contribution is 0.0674. The molecule has 0 unspecified atom stereocenters. The van der Waals surface area contributed by atoms with E-state index in [0.29, 0.717) is 19.3 Å². The molecule has 1 fully saturated rings. The van der Waals surface area contributed by atoms with Crippen molar-refractivity contribution in [1.29, 1.82) is 0 Å². The number of benzene rings is 1. The quantitative estimate of drug-likeness (QED) is 0.647. The lowest BCUT2D eigenvalue weighted by atomic mass is 10.1. The molecule has 0 atom stereocenters. The molecule has 3 rings (SSSR count). The van der Waals surface area contributed by atoms with Gasteiger partial charge >= 0.3 is 0 Å². The summed E-state index contributed by atoms with van der Waals surface area (Å²) in [7, 11) is 0. The number of nitrogens with zero attached hydrogens (tertiary/aromatic N) is 2. The SMILES string of the molecule is NC(=NCCc1ccc2c(c1)OCO2)N1CCOCC1. The second-order valence-corrected chi connectivity index (χ2v) is 4.78. The molecule has 1 saturated heterocycles. The van der Waals surface area contributed by atoms with Crippen LogP contribution in [0.15, 0.2) is 23.2 Å². The third kappa shape index (κ3) is 2.96. The fourth-order valence-electron chi connectivity index (χ4n) is 2.29. The topological polar surface area (TPSA) is 69.3 Å². The zero-order chi connectivity index (χ0) is 13.8. The van der Waals surface area contributed by atoms with E-state index in [9.17, 15) is 0 Å². The first-order chi connectivity index (χ1) is 9.83. The van der Waals surface area contributed by atoms with E-state index in [0.717, 1.165) is 44.2 Å². The summed E-state index contributed by atoms with van der Waals surface area (Å²) >= 11 is 0. The van der Waals surface area contributed by atoms with Gasteiger partial charge in [0.05, 0.1) is 13.2 Å². The molecule has 2 aliphatic rings. The van der Waals surface area contributed by atoms with Gasteiger partial charge in [-0.2, -0.15) is 0 Å². The molecule has 1 aromatic rings. The fraction of sp³-hybridized carbons (Fsp3) is 0.500. The van der Waals surface area contributed by atoms with Gasteiger partial charge in [-0.05, 0) is 24.1 Å². The van der Waals surface area contributed by atoms with Crippen molar-refractivity contribution in [2.24, 2.45) is 10.7 Å². The molecule has 0 radical (unpaired) electrons. The predicted molar refractivity (Wildman–Crippen MR) is 75.2 cm³/mol. The molecule has 6 heteroatoms. The number of fused-ring (bicyclic) bond motifs is 1. The number of aliphatic imine (C=N–C) groups is 1. The Morgan fingerprint density at radius 2 is 2.00 bits per heavy atom. The number of hydrogen-bond acceptors (Lipinski definition) is 4. The summed E-state index contributed by atoms with van der Waals surface area (Å²) in [4.78, 5) is 6.49. The molecule has 0 aromatic heterocycles. The molecule has 0 aliphatic carbocycles. The Bertz CT molecular complexity index is 498. The van der Waals surface area contributed by atoms with Crippen molar-refractivity contribution >= 4 is 5.96 Å². The average molecular weight is 277 g/mol. The van der Waals surface area contributed by atoms with E-state index in [1.54, 1.807) is 0 Å². The van der Waals surface area contributed by atoms with Crippen LogP contribution < -0.4 is 15.2 Å². The highest BCUT2D eigenvalue weighted by Gasteiger charge is 2.14. The maximum atomic E-state index is 5.98. The van der Waals surface area contributed by atoms with Gasteiger partial charge in [0.25, 0.3) is 0 Å². The third-order valence-corrected chi connectivity index (χ3v) is 3.45. The van der Waals surface area contributed by atoms with E-state index in [1.807, 2.05) is 18.2 Å². The Balaban J connectivity index is 1.54. The molecule has 6 nitrogen and oxygen atoms in total. The molecular formula is C14H19N3O3. The molecule has 2 aliphatic heterocycles. The summed E-state index contributed by atoms with van der Waals surface area (Å²) in [5.74, 6) is 2.23. The summed E-state index contributed by atoms with van der Waals surface area (Å²) in [5.41, 5.74) is 7.15. The van der Waals surface area contributed by atoms with Crippen molar-refractivity contribution in [3.05, 3.63) is 23.8 Å². The smallest absolute Gasteiger partial charge is 0.231 e. The highest BCUT2D eigenvalue weighted by Crippen LogP contribution is 2.32. The van der Waals surface area contributed by atoms with Gasteiger partial charge in [-0.15, -0.1) is 0 Å².